The van der Waals surface area contributed by atoms with Gasteiger partial charge in [0.25, 0.3) is 0 Å². The maximum atomic E-state index is 4.76. The maximum Gasteiger partial charge on any atom is 0.109 e. The van der Waals surface area contributed by atoms with Crippen LogP contribution in [0.5, 0.6) is 0 Å². The van der Waals surface area contributed by atoms with Gasteiger partial charge in [-0.2, -0.15) is 0 Å². The Morgan fingerprint density at radius 1 is 1.32 bits per heavy atom. The summed E-state index contributed by atoms with van der Waals surface area (Å²) in [5.74, 6) is 2.19. The fourth-order valence-corrected chi connectivity index (χ4v) is 2.61. The fraction of sp³-hybridized carbons (Fsp3) is 0.562. The van der Waals surface area contributed by atoms with Crippen LogP contribution in [0.25, 0.3) is 11.0 Å². The van der Waals surface area contributed by atoms with Crippen molar-refractivity contribution in [2.45, 2.75) is 39.2 Å². The zero-order chi connectivity index (χ0) is 13.1. The molecule has 0 saturated heterocycles. The lowest BCUT2D eigenvalue weighted by Gasteiger charge is -2.09. The van der Waals surface area contributed by atoms with Gasteiger partial charge in [0.05, 0.1) is 11.0 Å². The number of para-hydroxylation sites is 2. The van der Waals surface area contributed by atoms with Gasteiger partial charge in [-0.1, -0.05) is 19.1 Å². The quantitative estimate of drug-likeness (QED) is 0.773. The SMILES string of the molecule is CCCc1nc2ccccc2n1CCNCC1CC1. The highest BCUT2D eigenvalue weighted by atomic mass is 15.1. The van der Waals surface area contributed by atoms with Crippen LogP contribution in [0, 0.1) is 5.92 Å². The summed E-state index contributed by atoms with van der Waals surface area (Å²) < 4.78 is 2.39. The third kappa shape index (κ3) is 2.98. The van der Waals surface area contributed by atoms with Crippen LogP contribution >= 0.6 is 0 Å². The van der Waals surface area contributed by atoms with Crippen molar-refractivity contribution in [2.75, 3.05) is 13.1 Å². The van der Waals surface area contributed by atoms with E-state index in [-0.39, 0.29) is 0 Å². The van der Waals surface area contributed by atoms with E-state index >= 15 is 0 Å². The minimum atomic E-state index is 0.953. The molecular weight excluding hydrogens is 234 g/mol. The monoisotopic (exact) mass is 257 g/mol. The van der Waals surface area contributed by atoms with Crippen molar-refractivity contribution < 1.29 is 0 Å². The number of nitrogens with zero attached hydrogens (tertiary/aromatic N) is 2. The zero-order valence-corrected chi connectivity index (χ0v) is 11.7. The molecule has 1 aliphatic rings. The van der Waals surface area contributed by atoms with E-state index in [2.05, 4.69) is 41.1 Å². The van der Waals surface area contributed by atoms with Crippen molar-refractivity contribution in [2.24, 2.45) is 5.92 Å². The Balaban J connectivity index is 1.72. The lowest BCUT2D eigenvalue weighted by atomic mass is 10.3. The van der Waals surface area contributed by atoms with E-state index < -0.39 is 0 Å². The van der Waals surface area contributed by atoms with Gasteiger partial charge in [0.2, 0.25) is 0 Å². The Bertz CT molecular complexity index is 540. The van der Waals surface area contributed by atoms with Crippen LogP contribution in [0.1, 0.15) is 32.0 Å². The molecule has 0 aliphatic heterocycles. The van der Waals surface area contributed by atoms with Gasteiger partial charge in [0.15, 0.2) is 0 Å². The first kappa shape index (κ1) is 12.7. The van der Waals surface area contributed by atoms with Crippen molar-refractivity contribution in [3.63, 3.8) is 0 Å². The topological polar surface area (TPSA) is 29.9 Å². The van der Waals surface area contributed by atoms with Crippen LogP contribution in [0.15, 0.2) is 24.3 Å². The summed E-state index contributed by atoms with van der Waals surface area (Å²) in [6, 6.07) is 8.47. The molecule has 3 heteroatoms. The van der Waals surface area contributed by atoms with Gasteiger partial charge in [0, 0.05) is 19.5 Å². The van der Waals surface area contributed by atoms with Gasteiger partial charge >= 0.3 is 0 Å². The molecule has 102 valence electrons. The summed E-state index contributed by atoms with van der Waals surface area (Å²) in [5.41, 5.74) is 2.41. The third-order valence-corrected chi connectivity index (χ3v) is 3.85. The maximum absolute atomic E-state index is 4.76. The molecule has 3 rings (SSSR count). The van der Waals surface area contributed by atoms with Gasteiger partial charge in [-0.15, -0.1) is 0 Å². The molecule has 1 aromatic heterocycles. The second-order valence-electron chi connectivity index (χ2n) is 5.57. The minimum Gasteiger partial charge on any atom is -0.327 e. The van der Waals surface area contributed by atoms with E-state index in [1.807, 2.05) is 0 Å². The molecule has 1 aromatic carbocycles. The van der Waals surface area contributed by atoms with Crippen molar-refractivity contribution in [1.82, 2.24) is 14.9 Å². The van der Waals surface area contributed by atoms with Crippen LogP contribution in [0.4, 0.5) is 0 Å². The van der Waals surface area contributed by atoms with Crippen LogP contribution < -0.4 is 5.32 Å². The van der Waals surface area contributed by atoms with Gasteiger partial charge in [-0.3, -0.25) is 0 Å². The van der Waals surface area contributed by atoms with E-state index in [0.29, 0.717) is 0 Å². The van der Waals surface area contributed by atoms with E-state index in [1.165, 1.54) is 30.7 Å². The largest absolute Gasteiger partial charge is 0.327 e. The molecule has 0 unspecified atom stereocenters. The molecule has 3 nitrogen and oxygen atoms in total. The standard InChI is InChI=1S/C16H23N3/c1-2-5-16-18-14-6-3-4-7-15(14)19(16)11-10-17-12-13-8-9-13/h3-4,6-7,13,17H,2,5,8-12H2,1H3. The number of aromatic nitrogens is 2. The van der Waals surface area contributed by atoms with E-state index in [1.54, 1.807) is 0 Å². The highest BCUT2D eigenvalue weighted by molar-refractivity contribution is 5.75. The molecule has 1 aliphatic carbocycles. The molecule has 1 saturated carbocycles. The molecule has 1 N–H and O–H groups in total. The van der Waals surface area contributed by atoms with Crippen molar-refractivity contribution in [3.05, 3.63) is 30.1 Å². The Morgan fingerprint density at radius 3 is 2.95 bits per heavy atom. The summed E-state index contributed by atoms with van der Waals surface area (Å²) in [6.45, 7) is 5.49. The number of fused-ring (bicyclic) bond motifs is 1. The molecule has 1 fully saturated rings. The lowest BCUT2D eigenvalue weighted by molar-refractivity contribution is 0.568. The van der Waals surface area contributed by atoms with Gasteiger partial charge < -0.3 is 9.88 Å². The second kappa shape index (κ2) is 5.74. The van der Waals surface area contributed by atoms with E-state index in [4.69, 9.17) is 4.98 Å². The van der Waals surface area contributed by atoms with Crippen molar-refractivity contribution >= 4 is 11.0 Å². The van der Waals surface area contributed by atoms with Gasteiger partial charge in [-0.05, 0) is 43.9 Å². The molecule has 2 aromatic rings. The smallest absolute Gasteiger partial charge is 0.109 e. The first-order chi connectivity index (χ1) is 9.38. The van der Waals surface area contributed by atoms with Gasteiger partial charge in [0.1, 0.15) is 5.82 Å². The van der Waals surface area contributed by atoms with E-state index in [0.717, 1.165) is 37.4 Å². The lowest BCUT2D eigenvalue weighted by Crippen LogP contribution is -2.22. The van der Waals surface area contributed by atoms with Crippen LogP contribution in [0.3, 0.4) is 0 Å². The molecule has 1 heterocycles. The highest BCUT2D eigenvalue weighted by Gasteiger charge is 2.20. The summed E-state index contributed by atoms with van der Waals surface area (Å²) in [4.78, 5) is 4.76. The Kier molecular flexibility index (Phi) is 3.83. The second-order valence-corrected chi connectivity index (χ2v) is 5.57. The summed E-state index contributed by atoms with van der Waals surface area (Å²) in [6.07, 6.45) is 5.06. The molecule has 0 atom stereocenters. The molecule has 0 bridgehead atoms. The van der Waals surface area contributed by atoms with Crippen LogP contribution in [0.2, 0.25) is 0 Å². The number of imidazole rings is 1. The molecular formula is C16H23N3. The number of nitrogens with one attached hydrogen (secondary N) is 1. The van der Waals surface area contributed by atoms with E-state index in [9.17, 15) is 0 Å². The number of hydrogen-bond acceptors (Lipinski definition) is 2. The zero-order valence-electron chi connectivity index (χ0n) is 11.7. The number of benzene rings is 1. The third-order valence-electron chi connectivity index (χ3n) is 3.85. The Labute approximate surface area is 115 Å². The average molecular weight is 257 g/mol. The highest BCUT2D eigenvalue weighted by Crippen LogP contribution is 2.27. The molecule has 19 heavy (non-hydrogen) atoms. The minimum absolute atomic E-state index is 0.953. The number of rotatable bonds is 7. The van der Waals surface area contributed by atoms with Crippen molar-refractivity contribution in [3.8, 4) is 0 Å². The Morgan fingerprint density at radius 2 is 2.16 bits per heavy atom. The molecule has 0 spiro atoms. The fourth-order valence-electron chi connectivity index (χ4n) is 2.61. The van der Waals surface area contributed by atoms with Crippen LogP contribution in [-0.4, -0.2) is 22.6 Å². The number of hydrogen-bond donors (Lipinski definition) is 1. The summed E-state index contributed by atoms with van der Waals surface area (Å²) in [5, 5.41) is 3.57. The first-order valence-electron chi connectivity index (χ1n) is 7.53. The first-order valence-corrected chi connectivity index (χ1v) is 7.53. The summed E-state index contributed by atoms with van der Waals surface area (Å²) >= 11 is 0. The molecule has 0 radical (unpaired) electrons. The molecule has 0 amide bonds. The normalized spacial score (nSPS) is 15.2. The van der Waals surface area contributed by atoms with Crippen molar-refractivity contribution in [1.29, 1.82) is 0 Å². The Hall–Kier alpha value is -1.35. The van der Waals surface area contributed by atoms with Crippen LogP contribution in [-0.2, 0) is 13.0 Å². The predicted molar refractivity (Wildman–Crippen MR) is 79.3 cm³/mol. The van der Waals surface area contributed by atoms with Gasteiger partial charge in [-0.25, -0.2) is 4.98 Å². The summed E-state index contributed by atoms with van der Waals surface area (Å²) in [7, 11) is 0. The average Bonchev–Trinajstić information content (AvgIpc) is 3.18. The predicted octanol–water partition coefficient (Wildman–Crippen LogP) is 2.99. The number of aryl methyl sites for hydroxylation is 1.